The second-order valence-corrected chi connectivity index (χ2v) is 5.81. The lowest BCUT2D eigenvalue weighted by Crippen LogP contribution is -2.01. The molecule has 0 amide bonds. The first-order valence-corrected chi connectivity index (χ1v) is 7.96. The fourth-order valence-electron chi connectivity index (χ4n) is 2.72. The van der Waals surface area contributed by atoms with Gasteiger partial charge in [-0.25, -0.2) is 23.6 Å². The number of aromatic carboxylic acids is 1. The third-order valence-electron chi connectivity index (χ3n) is 4.01. The zero-order valence-electron chi connectivity index (χ0n) is 14.0. The molecule has 3 N–H and O–H groups in total. The number of anilines is 2. The van der Waals surface area contributed by atoms with Crippen LogP contribution in [0.1, 0.15) is 21.7 Å². The van der Waals surface area contributed by atoms with Crippen LogP contribution in [-0.2, 0) is 0 Å². The number of hydrogen-bond acceptors (Lipinski definition) is 6. The van der Waals surface area contributed by atoms with E-state index in [1.54, 1.807) is 18.3 Å². The largest absolute Gasteiger partial charge is 0.504 e. The van der Waals surface area contributed by atoms with Crippen molar-refractivity contribution < 1.29 is 28.2 Å². The first-order valence-electron chi connectivity index (χ1n) is 7.96. The van der Waals surface area contributed by atoms with Gasteiger partial charge in [0.2, 0.25) is 5.88 Å². The number of hydrogen-bond donors (Lipinski definition) is 3. The van der Waals surface area contributed by atoms with E-state index in [1.165, 1.54) is 12.3 Å². The van der Waals surface area contributed by atoms with Crippen LogP contribution in [0.3, 0.4) is 0 Å². The number of aromatic hydroxyl groups is 1. The topological polar surface area (TPSA) is 108 Å². The molecule has 1 aliphatic rings. The van der Waals surface area contributed by atoms with Gasteiger partial charge in [0.1, 0.15) is 11.6 Å². The molecule has 3 aromatic rings. The van der Waals surface area contributed by atoms with Crippen LogP contribution < -0.4 is 5.32 Å². The summed E-state index contributed by atoms with van der Waals surface area (Å²) in [6.07, 6.45) is 4.46. The molecule has 1 aromatic carbocycles. The molecule has 28 heavy (non-hydrogen) atoms. The number of benzene rings is 1. The highest BCUT2D eigenvalue weighted by atomic mass is 19.1. The third-order valence-corrected chi connectivity index (χ3v) is 4.01. The van der Waals surface area contributed by atoms with Crippen LogP contribution in [0.25, 0.3) is 11.6 Å². The summed E-state index contributed by atoms with van der Waals surface area (Å²) >= 11 is 0. The van der Waals surface area contributed by atoms with Crippen molar-refractivity contribution in [3.63, 3.8) is 0 Å². The van der Waals surface area contributed by atoms with E-state index < -0.39 is 34.8 Å². The maximum atomic E-state index is 13.9. The summed E-state index contributed by atoms with van der Waals surface area (Å²) in [6, 6.07) is 6.17. The maximum Gasteiger partial charge on any atom is 0.345 e. The van der Waals surface area contributed by atoms with E-state index in [0.29, 0.717) is 23.0 Å². The maximum absolute atomic E-state index is 13.9. The Labute approximate surface area is 156 Å². The van der Waals surface area contributed by atoms with Crippen molar-refractivity contribution in [1.29, 1.82) is 0 Å². The van der Waals surface area contributed by atoms with Gasteiger partial charge in [0, 0.05) is 29.6 Å². The van der Waals surface area contributed by atoms with E-state index in [9.17, 15) is 23.8 Å². The predicted octanol–water partition coefficient (Wildman–Crippen LogP) is 4.36. The van der Waals surface area contributed by atoms with Gasteiger partial charge < -0.3 is 19.9 Å². The van der Waals surface area contributed by atoms with Crippen LogP contribution in [0, 0.1) is 11.6 Å². The summed E-state index contributed by atoms with van der Waals surface area (Å²) in [4.78, 5) is 19.8. The number of carboxylic acids is 1. The number of rotatable bonds is 4. The molecular weight excluding hydrogens is 372 g/mol. The summed E-state index contributed by atoms with van der Waals surface area (Å²) in [5.41, 5.74) is 0.420. The Morgan fingerprint density at radius 1 is 1.25 bits per heavy atom. The Morgan fingerprint density at radius 2 is 2.07 bits per heavy atom. The number of carbonyl (C=O) groups is 1. The average Bonchev–Trinajstić information content (AvgIpc) is 3.19. The highest BCUT2D eigenvalue weighted by Gasteiger charge is 2.26. The van der Waals surface area contributed by atoms with Gasteiger partial charge in [0.25, 0.3) is 0 Å². The quantitative estimate of drug-likeness (QED) is 0.618. The zero-order valence-corrected chi connectivity index (χ0v) is 14.0. The van der Waals surface area contributed by atoms with Crippen molar-refractivity contribution in [3.05, 3.63) is 65.1 Å². The Balaban J connectivity index is 1.77. The first-order chi connectivity index (χ1) is 13.4. The number of nitrogens with zero attached hydrogens (tertiary/aromatic N) is 2. The van der Waals surface area contributed by atoms with E-state index in [0.717, 1.165) is 12.1 Å². The van der Waals surface area contributed by atoms with Crippen molar-refractivity contribution in [2.45, 2.75) is 0 Å². The molecule has 0 aliphatic carbocycles. The second kappa shape index (κ2) is 6.62. The van der Waals surface area contributed by atoms with Gasteiger partial charge >= 0.3 is 5.97 Å². The number of aromatic nitrogens is 1. The van der Waals surface area contributed by atoms with Crippen molar-refractivity contribution in [2.24, 2.45) is 4.99 Å². The van der Waals surface area contributed by atoms with Gasteiger partial charge in [0.15, 0.2) is 22.9 Å². The molecule has 0 unspecified atom stereocenters. The lowest BCUT2D eigenvalue weighted by Gasteiger charge is -2.05. The van der Waals surface area contributed by atoms with Crippen molar-refractivity contribution in [3.8, 4) is 5.75 Å². The van der Waals surface area contributed by atoms with Crippen molar-refractivity contribution >= 4 is 41.2 Å². The number of carboxylic acid groups (broad SMARTS) is 1. The molecule has 7 nitrogen and oxygen atoms in total. The predicted molar refractivity (Wildman–Crippen MR) is 97.2 cm³/mol. The number of fused-ring (bicyclic) bond motifs is 1. The molecule has 0 radical (unpaired) electrons. The summed E-state index contributed by atoms with van der Waals surface area (Å²) in [7, 11) is 0. The minimum absolute atomic E-state index is 0.166. The standard InChI is InChI=1S/C19H11F2N3O4/c20-10-3-4-13(12(21)7-10)24-18-15(19(26)27)16(25)14(28-18)6-9-8-23-17-11(9)2-1-5-22-17/h1-8,24-25H,(H,26,27). The fourth-order valence-corrected chi connectivity index (χ4v) is 2.72. The summed E-state index contributed by atoms with van der Waals surface area (Å²) in [6.45, 7) is 0. The van der Waals surface area contributed by atoms with Crippen LogP contribution in [0.5, 0.6) is 5.75 Å². The Kier molecular flexibility index (Phi) is 4.11. The van der Waals surface area contributed by atoms with Crippen LogP contribution in [0.4, 0.5) is 26.2 Å². The summed E-state index contributed by atoms with van der Waals surface area (Å²) in [5.74, 6) is -3.96. The van der Waals surface area contributed by atoms with E-state index in [4.69, 9.17) is 4.42 Å². The van der Waals surface area contributed by atoms with Gasteiger partial charge in [-0.15, -0.1) is 0 Å². The van der Waals surface area contributed by atoms with Gasteiger partial charge in [-0.2, -0.15) is 0 Å². The van der Waals surface area contributed by atoms with Crippen LogP contribution in [0.2, 0.25) is 0 Å². The number of nitrogens with one attached hydrogen (secondary N) is 1. The van der Waals surface area contributed by atoms with E-state index >= 15 is 0 Å². The summed E-state index contributed by atoms with van der Waals surface area (Å²) in [5, 5.41) is 22.1. The average molecular weight is 383 g/mol. The molecular formula is C19H11F2N3O4. The number of aliphatic imine (C=N–C) groups is 1. The van der Waals surface area contributed by atoms with Crippen LogP contribution >= 0.6 is 0 Å². The highest BCUT2D eigenvalue weighted by Crippen LogP contribution is 2.39. The minimum Gasteiger partial charge on any atom is -0.504 e. The molecule has 0 atom stereocenters. The fraction of sp³-hybridized carbons (Fsp3) is 0. The molecule has 140 valence electrons. The van der Waals surface area contributed by atoms with E-state index in [2.05, 4.69) is 15.3 Å². The number of allylic oxidation sites excluding steroid dienone is 1. The molecule has 3 heterocycles. The normalized spacial score (nSPS) is 13.7. The molecule has 2 aromatic heterocycles. The molecule has 9 heteroatoms. The lowest BCUT2D eigenvalue weighted by atomic mass is 10.1. The number of pyridine rings is 1. The highest BCUT2D eigenvalue weighted by molar-refractivity contribution is 6.21. The molecule has 0 bridgehead atoms. The van der Waals surface area contributed by atoms with Gasteiger partial charge in [-0.3, -0.25) is 0 Å². The van der Waals surface area contributed by atoms with Gasteiger partial charge in [-0.05, 0) is 30.3 Å². The van der Waals surface area contributed by atoms with E-state index in [1.807, 2.05) is 0 Å². The van der Waals surface area contributed by atoms with Crippen molar-refractivity contribution in [1.82, 2.24) is 4.98 Å². The molecule has 0 spiro atoms. The molecule has 0 saturated heterocycles. The smallest absolute Gasteiger partial charge is 0.345 e. The number of furan rings is 1. The molecule has 4 rings (SSSR count). The molecule has 1 aliphatic heterocycles. The number of halogens is 2. The molecule has 0 fully saturated rings. The Bertz CT molecular complexity index is 1170. The zero-order chi connectivity index (χ0) is 19.8. The van der Waals surface area contributed by atoms with Crippen LogP contribution in [0.15, 0.2) is 45.9 Å². The van der Waals surface area contributed by atoms with Crippen LogP contribution in [-0.4, -0.2) is 27.4 Å². The Morgan fingerprint density at radius 3 is 2.82 bits per heavy atom. The van der Waals surface area contributed by atoms with E-state index in [-0.39, 0.29) is 11.4 Å². The first kappa shape index (κ1) is 17.4. The van der Waals surface area contributed by atoms with Gasteiger partial charge in [-0.1, -0.05) is 0 Å². The molecule has 0 saturated carbocycles. The third kappa shape index (κ3) is 2.98. The van der Waals surface area contributed by atoms with Gasteiger partial charge in [0.05, 0.1) is 5.69 Å². The second-order valence-electron chi connectivity index (χ2n) is 5.81. The minimum atomic E-state index is -1.49. The van der Waals surface area contributed by atoms with Crippen molar-refractivity contribution in [2.75, 3.05) is 5.32 Å². The lowest BCUT2D eigenvalue weighted by molar-refractivity contribution is 0.0695. The Hall–Kier alpha value is -4.01. The SMILES string of the molecule is O=C(O)c1c(Nc2ccc(F)cc2F)oc(C=C2C=Nc3ncccc32)c1O. The summed E-state index contributed by atoms with van der Waals surface area (Å²) < 4.78 is 32.4. The monoisotopic (exact) mass is 383 g/mol.